The third-order valence-corrected chi connectivity index (χ3v) is 0. The van der Waals surface area contributed by atoms with Crippen molar-refractivity contribution in [2.24, 2.45) is 0 Å². The summed E-state index contributed by atoms with van der Waals surface area (Å²) < 4.78 is 9.56. The van der Waals surface area contributed by atoms with E-state index in [1.165, 1.54) is 13.8 Å². The largest absolute Gasteiger partial charge is 1.00 e. The molecule has 0 heterocycles. The zero-order chi connectivity index (χ0) is 10.7. The second-order valence-electron chi connectivity index (χ2n) is 2.14. The first kappa shape index (κ1) is 23.3. The molecule has 0 rings (SSSR count). The fraction of sp³-hybridized carbons (Fsp3) is 0.714. The molecule has 74 valence electrons. The molecule has 6 heteroatoms. The minimum absolute atomic E-state index is 0. The fourth-order valence-electron chi connectivity index (χ4n) is 0. The van der Waals surface area contributed by atoms with E-state index in [0.29, 0.717) is 0 Å². The van der Waals surface area contributed by atoms with Gasteiger partial charge in [-0.1, -0.05) is 0 Å². The number of rotatable bonds is 0. The van der Waals surface area contributed by atoms with E-state index in [1.54, 1.807) is 12.5 Å². The minimum atomic E-state index is -1.08. The Morgan fingerprint density at radius 3 is 1.08 bits per heavy atom. The van der Waals surface area contributed by atoms with Crippen molar-refractivity contribution < 1.29 is 48.5 Å². The molecule has 0 spiro atoms. The van der Waals surface area contributed by atoms with Crippen LogP contribution in [-0.2, 0) is 20.4 Å². The van der Waals surface area contributed by atoms with Gasteiger partial charge in [0.1, 0.15) is 5.78 Å². The predicted octanol–water partition coefficient (Wildman–Crippen LogP) is -3.65. The summed E-state index contributed by atoms with van der Waals surface area (Å²) in [6, 6.07) is 0. The van der Waals surface area contributed by atoms with E-state index >= 15 is 0 Å². The number of ketones is 1. The van der Waals surface area contributed by atoms with Crippen molar-refractivity contribution in [2.75, 3.05) is 12.5 Å². The molecule has 0 saturated heterocycles. The molecule has 0 aromatic rings. The SMILES string of the molecule is CC(=O)[O-].CC(C)=O.CS(C)=O.[Na+]. The second kappa shape index (κ2) is 18.2. The molecule has 0 N–H and O–H groups in total. The third-order valence-electron chi connectivity index (χ3n) is 0. The summed E-state index contributed by atoms with van der Waals surface area (Å²) in [7, 11) is -0.611. The Bertz CT molecular complexity index is 118. The average Bonchev–Trinajstić information content (AvgIpc) is 1.54. The first-order chi connectivity index (χ1) is 5.20. The van der Waals surface area contributed by atoms with Gasteiger partial charge < -0.3 is 14.7 Å². The molecule has 0 aliphatic rings. The molecule has 0 atom stereocenters. The Labute approximate surface area is 104 Å². The number of carbonyl (C=O) groups excluding carboxylic acids is 2. The maximum Gasteiger partial charge on any atom is 1.00 e. The number of aliphatic carboxylic acids is 1. The molecular weight excluding hydrogens is 203 g/mol. The van der Waals surface area contributed by atoms with Crippen LogP contribution in [0.25, 0.3) is 0 Å². The molecule has 0 fully saturated rings. The van der Waals surface area contributed by atoms with Crippen LogP contribution < -0.4 is 34.7 Å². The number of carboxylic acids is 1. The molecule has 0 aromatic heterocycles. The van der Waals surface area contributed by atoms with Crippen molar-refractivity contribution in [3.05, 3.63) is 0 Å². The number of hydrogen-bond donors (Lipinski definition) is 0. The van der Waals surface area contributed by atoms with Gasteiger partial charge in [0, 0.05) is 29.3 Å². The zero-order valence-corrected chi connectivity index (χ0v) is 11.9. The smallest absolute Gasteiger partial charge is 0.550 e. The van der Waals surface area contributed by atoms with Crippen molar-refractivity contribution >= 4 is 22.6 Å². The maximum absolute atomic E-state index is 9.56. The van der Waals surface area contributed by atoms with Crippen LogP contribution in [0.5, 0.6) is 0 Å². The Morgan fingerprint density at radius 1 is 1.08 bits per heavy atom. The van der Waals surface area contributed by atoms with E-state index in [-0.39, 0.29) is 35.3 Å². The normalized spacial score (nSPS) is 6.62. The first-order valence-electron chi connectivity index (χ1n) is 3.10. The van der Waals surface area contributed by atoms with E-state index in [1.807, 2.05) is 0 Å². The Morgan fingerprint density at radius 2 is 1.08 bits per heavy atom. The van der Waals surface area contributed by atoms with Crippen LogP contribution in [0.3, 0.4) is 0 Å². The van der Waals surface area contributed by atoms with Gasteiger partial charge in [-0.2, -0.15) is 0 Å². The van der Waals surface area contributed by atoms with Crippen molar-refractivity contribution in [3.8, 4) is 0 Å². The summed E-state index contributed by atoms with van der Waals surface area (Å²) in [5.41, 5.74) is 0. The third kappa shape index (κ3) is 15500. The second-order valence-corrected chi connectivity index (χ2v) is 3.62. The van der Waals surface area contributed by atoms with Crippen LogP contribution in [0.1, 0.15) is 20.8 Å². The molecule has 0 aliphatic carbocycles. The summed E-state index contributed by atoms with van der Waals surface area (Å²) in [6.45, 7) is 4.03. The maximum atomic E-state index is 9.56. The van der Waals surface area contributed by atoms with E-state index in [0.717, 1.165) is 6.92 Å². The van der Waals surface area contributed by atoms with Crippen molar-refractivity contribution in [1.82, 2.24) is 0 Å². The Balaban J connectivity index is -0.0000000450. The van der Waals surface area contributed by atoms with Gasteiger partial charge >= 0.3 is 29.6 Å². The van der Waals surface area contributed by atoms with Gasteiger partial charge in [-0.15, -0.1) is 0 Å². The fourth-order valence-corrected chi connectivity index (χ4v) is 0. The van der Waals surface area contributed by atoms with E-state index < -0.39 is 16.8 Å². The van der Waals surface area contributed by atoms with Gasteiger partial charge in [0.2, 0.25) is 0 Å². The van der Waals surface area contributed by atoms with Gasteiger partial charge in [-0.25, -0.2) is 0 Å². The number of carboxylic acid groups (broad SMARTS) is 1. The molecule has 0 amide bonds. The number of hydrogen-bond acceptors (Lipinski definition) is 4. The van der Waals surface area contributed by atoms with E-state index in [4.69, 9.17) is 9.90 Å². The quantitative estimate of drug-likeness (QED) is 0.393. The van der Waals surface area contributed by atoms with Gasteiger partial charge in [0.15, 0.2) is 0 Å². The molecule has 0 aliphatic heterocycles. The van der Waals surface area contributed by atoms with E-state index in [2.05, 4.69) is 0 Å². The van der Waals surface area contributed by atoms with Gasteiger partial charge in [-0.05, 0) is 20.8 Å². The van der Waals surface area contributed by atoms with Crippen molar-refractivity contribution in [3.63, 3.8) is 0 Å². The summed E-state index contributed by atoms with van der Waals surface area (Å²) in [4.78, 5) is 18.3. The average molecular weight is 218 g/mol. The molecular formula is C7H15NaO4S. The Kier molecular flexibility index (Phi) is 32.5. The number of Topliss-reactive ketones (excluding diaryl/α,β-unsaturated/α-hetero) is 1. The zero-order valence-electron chi connectivity index (χ0n) is 9.04. The molecule has 0 bridgehead atoms. The Hall–Kier alpha value is 0.290. The van der Waals surface area contributed by atoms with Crippen molar-refractivity contribution in [1.29, 1.82) is 0 Å². The van der Waals surface area contributed by atoms with Crippen LogP contribution in [0, 0.1) is 0 Å². The summed E-state index contributed by atoms with van der Waals surface area (Å²) in [5.74, 6) is -0.917. The number of carbonyl (C=O) groups is 2. The van der Waals surface area contributed by atoms with Crippen LogP contribution in [0.2, 0.25) is 0 Å². The van der Waals surface area contributed by atoms with E-state index in [9.17, 15) is 9.00 Å². The van der Waals surface area contributed by atoms with Crippen LogP contribution in [-0.4, -0.2) is 28.5 Å². The summed E-state index contributed by atoms with van der Waals surface area (Å²) >= 11 is 0. The van der Waals surface area contributed by atoms with Crippen LogP contribution in [0.15, 0.2) is 0 Å². The summed E-state index contributed by atoms with van der Waals surface area (Å²) in [5, 5.41) is 8.89. The van der Waals surface area contributed by atoms with Crippen LogP contribution in [0.4, 0.5) is 0 Å². The molecule has 4 nitrogen and oxygen atoms in total. The topological polar surface area (TPSA) is 74.3 Å². The molecule has 0 radical (unpaired) electrons. The van der Waals surface area contributed by atoms with Gasteiger partial charge in [0.25, 0.3) is 0 Å². The molecule has 0 unspecified atom stereocenters. The monoisotopic (exact) mass is 218 g/mol. The standard InChI is InChI=1S/C3H6O.C2H4O2.C2H6OS.Na/c1-3(2)4;1-2(3)4;1-4(2)3;/h1-2H3;1H3,(H,3,4);1-2H3;/q;;;+1/p-1. The minimum Gasteiger partial charge on any atom is -0.550 e. The molecule has 0 saturated carbocycles. The van der Waals surface area contributed by atoms with Crippen molar-refractivity contribution in [2.45, 2.75) is 20.8 Å². The summed E-state index contributed by atoms with van der Waals surface area (Å²) in [6.07, 6.45) is 3.28. The molecule has 0 aromatic carbocycles. The predicted molar refractivity (Wildman–Crippen MR) is 47.0 cm³/mol. The van der Waals surface area contributed by atoms with Gasteiger partial charge in [0.05, 0.1) is 0 Å². The van der Waals surface area contributed by atoms with Gasteiger partial charge in [-0.3, -0.25) is 4.21 Å². The molecule has 13 heavy (non-hydrogen) atoms. The van der Waals surface area contributed by atoms with Crippen LogP contribution >= 0.6 is 0 Å². The first-order valence-corrected chi connectivity index (χ1v) is 5.06.